The van der Waals surface area contributed by atoms with E-state index in [1.807, 2.05) is 12.1 Å². The third-order valence-electron chi connectivity index (χ3n) is 3.53. The lowest BCUT2D eigenvalue weighted by Crippen LogP contribution is -2.04. The summed E-state index contributed by atoms with van der Waals surface area (Å²) in [6.07, 6.45) is 1.95. The third kappa shape index (κ3) is 2.19. The first-order valence-electron chi connectivity index (χ1n) is 6.34. The molecule has 0 unspecified atom stereocenters. The fourth-order valence-electron chi connectivity index (χ4n) is 2.58. The normalized spacial score (nSPS) is 12.9. The van der Waals surface area contributed by atoms with E-state index in [4.69, 9.17) is 0 Å². The van der Waals surface area contributed by atoms with E-state index in [0.29, 0.717) is 0 Å². The van der Waals surface area contributed by atoms with Crippen LogP contribution in [-0.2, 0) is 12.8 Å². The number of hydrogen-bond acceptors (Lipinski definition) is 2. The second-order valence-corrected chi connectivity index (χ2v) is 5.65. The Labute approximate surface area is 121 Å². The Kier molecular flexibility index (Phi) is 3.15. The Morgan fingerprint density at radius 2 is 1.84 bits per heavy atom. The topological polar surface area (TPSA) is 29.1 Å². The number of Topliss-reactive ketones (excluding diaryl/α,β-unsaturated/α-hetero) is 1. The number of rotatable bonds is 1. The molecule has 3 rings (SSSR count). The van der Waals surface area contributed by atoms with Gasteiger partial charge in [-0.05, 0) is 59.0 Å². The lowest BCUT2D eigenvalue weighted by Gasteiger charge is -2.14. The molecule has 0 radical (unpaired) electrons. The summed E-state index contributed by atoms with van der Waals surface area (Å²) in [7, 11) is 0. The van der Waals surface area contributed by atoms with Crippen molar-refractivity contribution in [1.29, 1.82) is 0 Å². The second-order valence-electron chi connectivity index (χ2n) is 4.79. The first-order valence-corrected chi connectivity index (χ1v) is 7.13. The highest BCUT2D eigenvalue weighted by atomic mass is 79.9. The number of ketones is 1. The first kappa shape index (κ1) is 12.4. The zero-order valence-corrected chi connectivity index (χ0v) is 12.3. The van der Waals surface area contributed by atoms with E-state index in [-0.39, 0.29) is 5.78 Å². The Bertz CT molecular complexity index is 664. The minimum absolute atomic E-state index is 0.0793. The average molecular weight is 316 g/mol. The summed E-state index contributed by atoms with van der Waals surface area (Å²) >= 11 is 3.48. The number of carbonyl (C=O) groups is 1. The molecule has 0 aliphatic carbocycles. The summed E-state index contributed by atoms with van der Waals surface area (Å²) in [5.74, 6) is 0.0793. The maximum absolute atomic E-state index is 11.9. The molecule has 0 bridgehead atoms. The average Bonchev–Trinajstić information content (AvgIpc) is 2.57. The van der Waals surface area contributed by atoms with Gasteiger partial charge in [0.2, 0.25) is 0 Å². The summed E-state index contributed by atoms with van der Waals surface area (Å²) in [4.78, 5) is 11.9. The molecule has 1 aliphatic heterocycles. The zero-order chi connectivity index (χ0) is 13.4. The van der Waals surface area contributed by atoms with Crippen LogP contribution in [0.3, 0.4) is 0 Å². The summed E-state index contributed by atoms with van der Waals surface area (Å²) in [5.41, 5.74) is 5.29. The third-order valence-corrected chi connectivity index (χ3v) is 4.19. The minimum atomic E-state index is 0.0793. The van der Waals surface area contributed by atoms with Gasteiger partial charge < -0.3 is 5.32 Å². The molecule has 2 nitrogen and oxygen atoms in total. The Hall–Kier alpha value is -1.61. The van der Waals surface area contributed by atoms with Crippen molar-refractivity contribution in [2.45, 2.75) is 19.8 Å². The van der Waals surface area contributed by atoms with Gasteiger partial charge in [-0.15, -0.1) is 0 Å². The molecule has 1 heterocycles. The lowest BCUT2D eigenvalue weighted by molar-refractivity contribution is 0.101. The number of hydrogen-bond donors (Lipinski definition) is 1. The fourth-order valence-corrected chi connectivity index (χ4v) is 3.19. The van der Waals surface area contributed by atoms with Gasteiger partial charge in [-0.3, -0.25) is 4.79 Å². The van der Waals surface area contributed by atoms with Gasteiger partial charge >= 0.3 is 0 Å². The number of aryl methyl sites for hydroxylation is 2. The number of nitrogens with one attached hydrogen (secondary N) is 1. The summed E-state index contributed by atoms with van der Waals surface area (Å²) in [6.45, 7) is 1.61. The predicted octanol–water partition coefficient (Wildman–Crippen LogP) is 4.49. The molecule has 3 heteroatoms. The largest absolute Gasteiger partial charge is 0.354 e. The molecule has 96 valence electrons. The van der Waals surface area contributed by atoms with Crippen molar-refractivity contribution in [1.82, 2.24) is 0 Å². The van der Waals surface area contributed by atoms with Crippen LogP contribution in [0, 0.1) is 0 Å². The van der Waals surface area contributed by atoms with E-state index in [0.717, 1.165) is 34.3 Å². The molecule has 2 aromatic carbocycles. The lowest BCUT2D eigenvalue weighted by atomic mass is 10.0. The number of carbonyl (C=O) groups excluding carboxylic acids is 1. The molecule has 19 heavy (non-hydrogen) atoms. The monoisotopic (exact) mass is 315 g/mol. The Morgan fingerprint density at radius 3 is 2.63 bits per heavy atom. The van der Waals surface area contributed by atoms with Crippen LogP contribution in [-0.4, -0.2) is 5.78 Å². The van der Waals surface area contributed by atoms with Crippen molar-refractivity contribution >= 4 is 33.1 Å². The molecule has 0 atom stereocenters. The van der Waals surface area contributed by atoms with Crippen molar-refractivity contribution in [2.24, 2.45) is 0 Å². The van der Waals surface area contributed by atoms with Crippen molar-refractivity contribution in [3.8, 4) is 0 Å². The van der Waals surface area contributed by atoms with Gasteiger partial charge in [0.1, 0.15) is 0 Å². The van der Waals surface area contributed by atoms with Gasteiger partial charge in [0.15, 0.2) is 5.78 Å². The van der Waals surface area contributed by atoms with Crippen LogP contribution < -0.4 is 5.32 Å². The number of fused-ring (bicyclic) bond motifs is 2. The van der Waals surface area contributed by atoms with Crippen LogP contribution in [0.2, 0.25) is 0 Å². The van der Waals surface area contributed by atoms with Crippen molar-refractivity contribution in [3.05, 3.63) is 57.6 Å². The predicted molar refractivity (Wildman–Crippen MR) is 81.3 cm³/mol. The highest BCUT2D eigenvalue weighted by Gasteiger charge is 2.19. The van der Waals surface area contributed by atoms with E-state index >= 15 is 0 Å². The summed E-state index contributed by atoms with van der Waals surface area (Å²) < 4.78 is 0.852. The smallest absolute Gasteiger partial charge is 0.163 e. The van der Waals surface area contributed by atoms with Gasteiger partial charge in [-0.1, -0.05) is 24.3 Å². The van der Waals surface area contributed by atoms with E-state index in [1.165, 1.54) is 11.1 Å². The van der Waals surface area contributed by atoms with Crippen LogP contribution in [0.5, 0.6) is 0 Å². The van der Waals surface area contributed by atoms with Crippen molar-refractivity contribution in [3.63, 3.8) is 0 Å². The molecule has 0 fully saturated rings. The number of anilines is 2. The van der Waals surface area contributed by atoms with Crippen molar-refractivity contribution < 1.29 is 4.79 Å². The van der Waals surface area contributed by atoms with Gasteiger partial charge in [-0.25, -0.2) is 0 Å². The Morgan fingerprint density at radius 1 is 1.11 bits per heavy atom. The van der Waals surface area contributed by atoms with E-state index in [2.05, 4.69) is 45.5 Å². The van der Waals surface area contributed by atoms with Crippen LogP contribution in [0.4, 0.5) is 11.4 Å². The molecule has 2 aromatic rings. The first-order chi connectivity index (χ1) is 9.16. The SMILES string of the molecule is CC(=O)c1c(Br)ccc2c1Nc1ccccc1CC2. The fraction of sp³-hybridized carbons (Fsp3) is 0.188. The molecule has 0 saturated carbocycles. The molecular weight excluding hydrogens is 302 g/mol. The van der Waals surface area contributed by atoms with Crippen LogP contribution in [0.15, 0.2) is 40.9 Å². The number of para-hydroxylation sites is 1. The second kappa shape index (κ2) is 4.82. The van der Waals surface area contributed by atoms with E-state index in [1.54, 1.807) is 6.92 Å². The molecule has 0 amide bonds. The highest BCUT2D eigenvalue weighted by molar-refractivity contribution is 9.10. The maximum atomic E-state index is 11.9. The molecular formula is C16H14BrNO. The zero-order valence-electron chi connectivity index (χ0n) is 10.7. The maximum Gasteiger partial charge on any atom is 0.163 e. The summed E-state index contributed by atoms with van der Waals surface area (Å²) in [5, 5.41) is 3.44. The van der Waals surface area contributed by atoms with E-state index < -0.39 is 0 Å². The van der Waals surface area contributed by atoms with Crippen LogP contribution in [0.1, 0.15) is 28.4 Å². The van der Waals surface area contributed by atoms with E-state index in [9.17, 15) is 4.79 Å². The van der Waals surface area contributed by atoms with Crippen LogP contribution >= 0.6 is 15.9 Å². The number of halogens is 1. The van der Waals surface area contributed by atoms with Gasteiger partial charge in [0.25, 0.3) is 0 Å². The molecule has 1 N–H and O–H groups in total. The minimum Gasteiger partial charge on any atom is -0.354 e. The molecule has 0 saturated heterocycles. The highest BCUT2D eigenvalue weighted by Crippen LogP contribution is 2.36. The van der Waals surface area contributed by atoms with Crippen molar-refractivity contribution in [2.75, 3.05) is 5.32 Å². The quantitative estimate of drug-likeness (QED) is 0.785. The Balaban J connectivity index is 2.20. The van der Waals surface area contributed by atoms with Gasteiger partial charge in [-0.2, -0.15) is 0 Å². The molecule has 0 spiro atoms. The molecule has 1 aliphatic rings. The summed E-state index contributed by atoms with van der Waals surface area (Å²) in [6, 6.07) is 12.3. The standard InChI is InChI=1S/C16H14BrNO/c1-10(19)15-13(17)9-8-12-7-6-11-4-2-3-5-14(11)18-16(12)15/h2-5,8-9,18H,6-7H2,1H3. The number of benzene rings is 2. The van der Waals surface area contributed by atoms with Gasteiger partial charge in [0, 0.05) is 10.2 Å². The van der Waals surface area contributed by atoms with Gasteiger partial charge in [0.05, 0.1) is 11.3 Å². The van der Waals surface area contributed by atoms with Crippen LogP contribution in [0.25, 0.3) is 0 Å². The molecule has 0 aromatic heterocycles.